The molecule has 0 aliphatic rings. The summed E-state index contributed by atoms with van der Waals surface area (Å²) in [6.45, 7) is 5.30. The average molecular weight is 318 g/mol. The first kappa shape index (κ1) is 14.5. The quantitative estimate of drug-likeness (QED) is 0.683. The van der Waals surface area contributed by atoms with Gasteiger partial charge in [-0.25, -0.2) is 4.79 Å². The summed E-state index contributed by atoms with van der Waals surface area (Å²) in [6.07, 6.45) is 0. The van der Waals surface area contributed by atoms with Gasteiger partial charge in [-0.05, 0) is 32.2 Å². The zero-order chi connectivity index (χ0) is 15.7. The fraction of sp³-hybridized carbons (Fsp3) is 0.267. The van der Waals surface area contributed by atoms with E-state index in [1.54, 1.807) is 6.92 Å². The van der Waals surface area contributed by atoms with Gasteiger partial charge in [0.05, 0.1) is 4.88 Å². The van der Waals surface area contributed by atoms with Crippen LogP contribution in [0.4, 0.5) is 0 Å². The number of ether oxygens (including phenoxy) is 1. The van der Waals surface area contributed by atoms with Crippen molar-refractivity contribution in [2.45, 2.75) is 27.4 Å². The third kappa shape index (κ3) is 2.67. The molecule has 22 heavy (non-hydrogen) atoms. The number of furan rings is 1. The largest absolute Gasteiger partial charge is 0.465 e. The summed E-state index contributed by atoms with van der Waals surface area (Å²) in [5, 5.41) is 5.79. The van der Waals surface area contributed by atoms with Gasteiger partial charge in [-0.3, -0.25) is 0 Å². The van der Waals surface area contributed by atoms with Gasteiger partial charge in [-0.1, -0.05) is 11.2 Å². The number of thiophene rings is 1. The molecule has 0 aliphatic heterocycles. The molecule has 0 amide bonds. The van der Waals surface area contributed by atoms with Crippen molar-refractivity contribution in [3.63, 3.8) is 0 Å². The standard InChI is InChI=1S/C15H14N2O4S/c1-8-9(2)20-10(3)13(8)15(18)19-7-12-16-14(17-21-12)11-5-4-6-22-11/h4-6H,7H2,1-3H3. The fourth-order valence-electron chi connectivity index (χ4n) is 2.11. The Morgan fingerprint density at radius 3 is 2.77 bits per heavy atom. The van der Waals surface area contributed by atoms with Gasteiger partial charge in [0.1, 0.15) is 17.1 Å². The Bertz CT molecular complexity index is 802. The number of carbonyl (C=O) groups excluding carboxylic acids is 1. The maximum atomic E-state index is 12.1. The predicted molar refractivity (Wildman–Crippen MR) is 79.6 cm³/mol. The first-order valence-electron chi connectivity index (χ1n) is 6.66. The van der Waals surface area contributed by atoms with Crippen molar-refractivity contribution in [2.75, 3.05) is 0 Å². The van der Waals surface area contributed by atoms with Crippen LogP contribution in [0.1, 0.15) is 33.3 Å². The molecule has 0 spiro atoms. The third-order valence-electron chi connectivity index (χ3n) is 3.30. The molecule has 3 heterocycles. The highest BCUT2D eigenvalue weighted by molar-refractivity contribution is 7.13. The lowest BCUT2D eigenvalue weighted by atomic mass is 10.1. The number of esters is 1. The topological polar surface area (TPSA) is 78.4 Å². The molecule has 3 aromatic rings. The van der Waals surface area contributed by atoms with Crippen LogP contribution in [0.2, 0.25) is 0 Å². The monoisotopic (exact) mass is 318 g/mol. The molecule has 0 radical (unpaired) electrons. The van der Waals surface area contributed by atoms with E-state index in [0.29, 0.717) is 22.9 Å². The Morgan fingerprint density at radius 1 is 1.32 bits per heavy atom. The minimum atomic E-state index is -0.456. The molecule has 0 aromatic carbocycles. The Kier molecular flexibility index (Phi) is 3.81. The SMILES string of the molecule is Cc1oc(C)c(C(=O)OCc2nc(-c3cccs3)no2)c1C. The van der Waals surface area contributed by atoms with Crippen molar-refractivity contribution in [3.8, 4) is 10.7 Å². The van der Waals surface area contributed by atoms with Crippen LogP contribution in [-0.2, 0) is 11.3 Å². The molecule has 6 nitrogen and oxygen atoms in total. The van der Waals surface area contributed by atoms with E-state index in [-0.39, 0.29) is 12.5 Å². The van der Waals surface area contributed by atoms with Crippen LogP contribution in [0, 0.1) is 20.8 Å². The molecule has 0 N–H and O–H groups in total. The molecular formula is C15H14N2O4S. The van der Waals surface area contributed by atoms with E-state index in [4.69, 9.17) is 13.7 Å². The number of nitrogens with zero attached hydrogens (tertiary/aromatic N) is 2. The lowest BCUT2D eigenvalue weighted by Gasteiger charge is -2.01. The number of rotatable bonds is 4. The molecule has 0 fully saturated rings. The van der Waals surface area contributed by atoms with E-state index in [1.807, 2.05) is 31.4 Å². The molecule has 3 aromatic heterocycles. The molecule has 0 atom stereocenters. The molecule has 0 saturated carbocycles. The van der Waals surface area contributed by atoms with Gasteiger partial charge in [0.2, 0.25) is 5.82 Å². The summed E-state index contributed by atoms with van der Waals surface area (Å²) >= 11 is 1.51. The maximum absolute atomic E-state index is 12.1. The molecule has 3 rings (SSSR count). The highest BCUT2D eigenvalue weighted by atomic mass is 32.1. The van der Waals surface area contributed by atoms with Crippen molar-refractivity contribution in [2.24, 2.45) is 0 Å². The van der Waals surface area contributed by atoms with E-state index >= 15 is 0 Å². The van der Waals surface area contributed by atoms with E-state index in [2.05, 4.69) is 10.1 Å². The van der Waals surface area contributed by atoms with Gasteiger partial charge in [0.15, 0.2) is 6.61 Å². The number of hydrogen-bond acceptors (Lipinski definition) is 7. The Balaban J connectivity index is 1.69. The number of aryl methyl sites for hydroxylation is 2. The van der Waals surface area contributed by atoms with Crippen molar-refractivity contribution < 1.29 is 18.5 Å². The van der Waals surface area contributed by atoms with Crippen molar-refractivity contribution in [1.29, 1.82) is 0 Å². The molecule has 7 heteroatoms. The van der Waals surface area contributed by atoms with Gasteiger partial charge in [0, 0.05) is 5.56 Å². The summed E-state index contributed by atoms with van der Waals surface area (Å²) in [5.74, 6) is 1.55. The first-order valence-corrected chi connectivity index (χ1v) is 7.54. The molecule has 0 saturated heterocycles. The fourth-order valence-corrected chi connectivity index (χ4v) is 2.76. The van der Waals surface area contributed by atoms with Gasteiger partial charge < -0.3 is 13.7 Å². The van der Waals surface area contributed by atoms with E-state index in [9.17, 15) is 4.79 Å². The second kappa shape index (κ2) is 5.76. The molecule has 0 unspecified atom stereocenters. The smallest absolute Gasteiger partial charge is 0.342 e. The molecule has 0 bridgehead atoms. The Morgan fingerprint density at radius 2 is 2.14 bits per heavy atom. The normalized spacial score (nSPS) is 10.9. The van der Waals surface area contributed by atoms with Gasteiger partial charge >= 0.3 is 5.97 Å². The molecular weight excluding hydrogens is 304 g/mol. The van der Waals surface area contributed by atoms with Crippen molar-refractivity contribution in [1.82, 2.24) is 10.1 Å². The summed E-state index contributed by atoms with van der Waals surface area (Å²) in [4.78, 5) is 17.2. The van der Waals surface area contributed by atoms with Crippen LogP contribution in [-0.4, -0.2) is 16.1 Å². The number of hydrogen-bond donors (Lipinski definition) is 0. The minimum Gasteiger partial charge on any atom is -0.465 e. The summed E-state index contributed by atoms with van der Waals surface area (Å²) in [6, 6.07) is 3.80. The summed E-state index contributed by atoms with van der Waals surface area (Å²) in [7, 11) is 0. The number of aromatic nitrogens is 2. The van der Waals surface area contributed by atoms with Gasteiger partial charge in [-0.15, -0.1) is 11.3 Å². The molecule has 114 valence electrons. The van der Waals surface area contributed by atoms with Crippen molar-refractivity contribution >= 4 is 17.3 Å². The second-order valence-corrected chi connectivity index (χ2v) is 5.73. The van der Waals surface area contributed by atoms with Crippen LogP contribution in [0.25, 0.3) is 10.7 Å². The second-order valence-electron chi connectivity index (χ2n) is 4.78. The minimum absolute atomic E-state index is 0.0691. The van der Waals surface area contributed by atoms with Crippen LogP contribution in [0.5, 0.6) is 0 Å². The van der Waals surface area contributed by atoms with Crippen LogP contribution < -0.4 is 0 Å². The zero-order valence-corrected chi connectivity index (χ0v) is 13.2. The zero-order valence-electron chi connectivity index (χ0n) is 12.4. The van der Waals surface area contributed by atoms with Gasteiger partial charge in [0.25, 0.3) is 5.89 Å². The van der Waals surface area contributed by atoms with E-state index < -0.39 is 5.97 Å². The van der Waals surface area contributed by atoms with Crippen LogP contribution >= 0.6 is 11.3 Å². The predicted octanol–water partition coefficient (Wildman–Crippen LogP) is 3.67. The highest BCUT2D eigenvalue weighted by Crippen LogP contribution is 2.23. The summed E-state index contributed by atoms with van der Waals surface area (Å²) in [5.41, 5.74) is 1.24. The summed E-state index contributed by atoms with van der Waals surface area (Å²) < 4.78 is 15.7. The maximum Gasteiger partial charge on any atom is 0.342 e. The molecule has 0 aliphatic carbocycles. The first-order chi connectivity index (χ1) is 10.6. The lowest BCUT2D eigenvalue weighted by Crippen LogP contribution is -2.07. The van der Waals surface area contributed by atoms with E-state index in [1.165, 1.54) is 11.3 Å². The van der Waals surface area contributed by atoms with Crippen molar-refractivity contribution in [3.05, 3.63) is 46.1 Å². The van der Waals surface area contributed by atoms with E-state index in [0.717, 1.165) is 10.4 Å². The lowest BCUT2D eigenvalue weighted by molar-refractivity contribution is 0.0427. The van der Waals surface area contributed by atoms with Crippen LogP contribution in [0.15, 0.2) is 26.5 Å². The van der Waals surface area contributed by atoms with Gasteiger partial charge in [-0.2, -0.15) is 4.98 Å². The average Bonchev–Trinajstić information content (AvgIpc) is 3.19. The third-order valence-corrected chi connectivity index (χ3v) is 4.17. The Hall–Kier alpha value is -2.41. The van der Waals surface area contributed by atoms with Crippen LogP contribution in [0.3, 0.4) is 0 Å². The number of carbonyl (C=O) groups is 1. The Labute approximate surface area is 130 Å². The highest BCUT2D eigenvalue weighted by Gasteiger charge is 2.21.